The monoisotopic (exact) mass is 223 g/mol. The Morgan fingerprint density at radius 2 is 2.12 bits per heavy atom. The van der Waals surface area contributed by atoms with Gasteiger partial charge in [0.1, 0.15) is 5.69 Å². The summed E-state index contributed by atoms with van der Waals surface area (Å²) < 4.78 is 0. The quantitative estimate of drug-likeness (QED) is 0.452. The fourth-order valence-corrected chi connectivity index (χ4v) is 1.55. The third kappa shape index (κ3) is 3.20. The van der Waals surface area contributed by atoms with Crippen molar-refractivity contribution in [3.05, 3.63) is 34.4 Å². The van der Waals surface area contributed by atoms with E-state index < -0.39 is 0 Å². The van der Waals surface area contributed by atoms with Crippen molar-refractivity contribution in [1.29, 1.82) is 0 Å². The van der Waals surface area contributed by atoms with E-state index in [0.717, 1.165) is 19.5 Å². The van der Waals surface area contributed by atoms with Crippen molar-refractivity contribution in [3.63, 3.8) is 0 Å². The topological polar surface area (TPSA) is 58.4 Å². The maximum Gasteiger partial charge on any atom is 0.292 e. The van der Waals surface area contributed by atoms with Crippen LogP contribution >= 0.6 is 0 Å². The second-order valence-electron chi connectivity index (χ2n) is 3.62. The zero-order valence-electron chi connectivity index (χ0n) is 9.64. The summed E-state index contributed by atoms with van der Waals surface area (Å²) in [5, 5.41) is 13.9. The van der Waals surface area contributed by atoms with Crippen molar-refractivity contribution in [1.82, 2.24) is 5.32 Å². The van der Waals surface area contributed by atoms with Gasteiger partial charge in [-0.25, -0.2) is 0 Å². The molecule has 1 aromatic rings. The highest BCUT2D eigenvalue weighted by Gasteiger charge is 2.15. The average molecular weight is 223 g/mol. The van der Waals surface area contributed by atoms with Gasteiger partial charge >= 0.3 is 0 Å². The Morgan fingerprint density at radius 1 is 1.44 bits per heavy atom. The summed E-state index contributed by atoms with van der Waals surface area (Å²) in [5.41, 5.74) is 0.832. The first kappa shape index (κ1) is 12.4. The molecule has 1 rings (SSSR count). The van der Waals surface area contributed by atoms with Gasteiger partial charge < -0.3 is 10.2 Å². The predicted molar refractivity (Wildman–Crippen MR) is 64.9 cm³/mol. The summed E-state index contributed by atoms with van der Waals surface area (Å²) in [7, 11) is 3.77. The summed E-state index contributed by atoms with van der Waals surface area (Å²) in [5.74, 6) is 0. The summed E-state index contributed by atoms with van der Waals surface area (Å²) in [6.07, 6.45) is 0.957. The molecule has 0 fully saturated rings. The van der Waals surface area contributed by atoms with Gasteiger partial charge in [-0.05, 0) is 26.1 Å². The first-order chi connectivity index (χ1) is 7.66. The van der Waals surface area contributed by atoms with Crippen LogP contribution in [0.5, 0.6) is 0 Å². The molecule has 5 nitrogen and oxygen atoms in total. The molecule has 0 aromatic heterocycles. The third-order valence-corrected chi connectivity index (χ3v) is 2.41. The molecule has 0 aliphatic heterocycles. The van der Waals surface area contributed by atoms with Gasteiger partial charge in [0.05, 0.1) is 4.92 Å². The van der Waals surface area contributed by atoms with Gasteiger partial charge in [-0.3, -0.25) is 10.1 Å². The van der Waals surface area contributed by atoms with Crippen molar-refractivity contribution in [2.24, 2.45) is 0 Å². The SMILES string of the molecule is CNCCCN(C)c1ccccc1[N+](=O)[O-]. The van der Waals surface area contributed by atoms with Crippen LogP contribution in [0.1, 0.15) is 6.42 Å². The summed E-state index contributed by atoms with van der Waals surface area (Å²) in [6.45, 7) is 1.71. The van der Waals surface area contributed by atoms with Crippen LogP contribution in [0.3, 0.4) is 0 Å². The molecular weight excluding hydrogens is 206 g/mol. The van der Waals surface area contributed by atoms with E-state index in [9.17, 15) is 10.1 Å². The molecule has 0 bridgehead atoms. The molecule has 0 heterocycles. The smallest absolute Gasteiger partial charge is 0.292 e. The molecule has 0 saturated carbocycles. The number of hydrogen-bond donors (Lipinski definition) is 1. The largest absolute Gasteiger partial charge is 0.369 e. The number of nitro benzene ring substituents is 1. The first-order valence-electron chi connectivity index (χ1n) is 5.26. The van der Waals surface area contributed by atoms with Gasteiger partial charge in [-0.2, -0.15) is 0 Å². The zero-order valence-corrected chi connectivity index (χ0v) is 9.64. The van der Waals surface area contributed by atoms with E-state index >= 15 is 0 Å². The van der Waals surface area contributed by atoms with Gasteiger partial charge in [0.25, 0.3) is 5.69 Å². The maximum absolute atomic E-state index is 10.8. The summed E-state index contributed by atoms with van der Waals surface area (Å²) in [4.78, 5) is 12.4. The van der Waals surface area contributed by atoms with Crippen LogP contribution in [0.25, 0.3) is 0 Å². The molecule has 0 aliphatic carbocycles. The van der Waals surface area contributed by atoms with Crippen LogP contribution in [0.4, 0.5) is 11.4 Å². The highest BCUT2D eigenvalue weighted by molar-refractivity contribution is 5.62. The second-order valence-corrected chi connectivity index (χ2v) is 3.62. The number of nitro groups is 1. The minimum Gasteiger partial charge on any atom is -0.369 e. The number of hydrogen-bond acceptors (Lipinski definition) is 4. The van der Waals surface area contributed by atoms with Crippen molar-refractivity contribution < 1.29 is 4.92 Å². The number of para-hydroxylation sites is 2. The number of nitrogens with one attached hydrogen (secondary N) is 1. The summed E-state index contributed by atoms with van der Waals surface area (Å²) >= 11 is 0. The van der Waals surface area contributed by atoms with Gasteiger partial charge in [0, 0.05) is 19.7 Å². The Bertz CT molecular complexity index is 355. The van der Waals surface area contributed by atoms with Crippen LogP contribution in [0, 0.1) is 10.1 Å². The van der Waals surface area contributed by atoms with E-state index in [2.05, 4.69) is 5.32 Å². The molecule has 0 atom stereocenters. The molecule has 16 heavy (non-hydrogen) atoms. The molecule has 5 heteroatoms. The number of rotatable bonds is 6. The summed E-state index contributed by atoms with van der Waals surface area (Å²) in [6, 6.07) is 6.81. The molecule has 0 amide bonds. The zero-order chi connectivity index (χ0) is 12.0. The maximum atomic E-state index is 10.8. The number of nitrogens with zero attached hydrogens (tertiary/aromatic N) is 2. The highest BCUT2D eigenvalue weighted by Crippen LogP contribution is 2.26. The minimum absolute atomic E-state index is 0.162. The lowest BCUT2D eigenvalue weighted by Crippen LogP contribution is -2.22. The Hall–Kier alpha value is -1.62. The molecule has 0 radical (unpaired) electrons. The van der Waals surface area contributed by atoms with E-state index in [-0.39, 0.29) is 10.6 Å². The Balaban J connectivity index is 2.74. The van der Waals surface area contributed by atoms with E-state index in [0.29, 0.717) is 5.69 Å². The van der Waals surface area contributed by atoms with Crippen LogP contribution in [0.15, 0.2) is 24.3 Å². The van der Waals surface area contributed by atoms with E-state index in [1.807, 2.05) is 25.1 Å². The lowest BCUT2D eigenvalue weighted by atomic mass is 10.2. The fourth-order valence-electron chi connectivity index (χ4n) is 1.55. The lowest BCUT2D eigenvalue weighted by molar-refractivity contribution is -0.384. The van der Waals surface area contributed by atoms with Crippen LogP contribution in [0.2, 0.25) is 0 Å². The molecule has 0 unspecified atom stereocenters. The van der Waals surface area contributed by atoms with Crippen LogP contribution in [-0.2, 0) is 0 Å². The Kier molecular flexibility index (Phi) is 4.72. The van der Waals surface area contributed by atoms with Crippen molar-refractivity contribution in [2.45, 2.75) is 6.42 Å². The average Bonchev–Trinajstić information content (AvgIpc) is 2.29. The minimum atomic E-state index is -0.343. The van der Waals surface area contributed by atoms with Crippen molar-refractivity contribution >= 4 is 11.4 Å². The molecule has 1 N–H and O–H groups in total. The molecule has 0 spiro atoms. The Labute approximate surface area is 95.2 Å². The molecule has 0 saturated heterocycles. The second kappa shape index (κ2) is 6.07. The van der Waals surface area contributed by atoms with Gasteiger partial charge in [0.15, 0.2) is 0 Å². The standard InChI is InChI=1S/C11H17N3O2/c1-12-8-5-9-13(2)10-6-3-4-7-11(10)14(15)16/h3-4,6-7,12H,5,8-9H2,1-2H3. The fraction of sp³-hybridized carbons (Fsp3) is 0.455. The highest BCUT2D eigenvalue weighted by atomic mass is 16.6. The number of benzene rings is 1. The van der Waals surface area contributed by atoms with E-state index in [1.54, 1.807) is 12.1 Å². The Morgan fingerprint density at radius 3 is 2.75 bits per heavy atom. The number of anilines is 1. The first-order valence-corrected chi connectivity index (χ1v) is 5.26. The van der Waals surface area contributed by atoms with E-state index in [4.69, 9.17) is 0 Å². The van der Waals surface area contributed by atoms with Gasteiger partial charge in [-0.1, -0.05) is 12.1 Å². The molecule has 1 aromatic carbocycles. The normalized spacial score (nSPS) is 10.1. The van der Waals surface area contributed by atoms with Gasteiger partial charge in [-0.15, -0.1) is 0 Å². The van der Waals surface area contributed by atoms with Crippen LogP contribution in [-0.4, -0.2) is 32.1 Å². The lowest BCUT2D eigenvalue weighted by Gasteiger charge is -2.18. The van der Waals surface area contributed by atoms with E-state index in [1.165, 1.54) is 6.07 Å². The third-order valence-electron chi connectivity index (χ3n) is 2.41. The van der Waals surface area contributed by atoms with Crippen molar-refractivity contribution in [3.8, 4) is 0 Å². The molecule has 0 aliphatic rings. The van der Waals surface area contributed by atoms with Crippen LogP contribution < -0.4 is 10.2 Å². The van der Waals surface area contributed by atoms with Gasteiger partial charge in [0.2, 0.25) is 0 Å². The molecular formula is C11H17N3O2. The molecule has 88 valence electrons. The predicted octanol–water partition coefficient (Wildman–Crippen LogP) is 1.64. The van der Waals surface area contributed by atoms with Crippen molar-refractivity contribution in [2.75, 3.05) is 32.1 Å².